The number of benzene rings is 2. The van der Waals surface area contributed by atoms with E-state index in [2.05, 4.69) is 9.71 Å². The Kier molecular flexibility index (Phi) is 6.18. The van der Waals surface area contributed by atoms with E-state index in [9.17, 15) is 18.0 Å². The lowest BCUT2D eigenvalue weighted by Crippen LogP contribution is -2.37. The lowest BCUT2D eigenvalue weighted by Gasteiger charge is -2.15. The third-order valence-electron chi connectivity index (χ3n) is 6.48. The predicted octanol–water partition coefficient (Wildman–Crippen LogP) is 4.85. The van der Waals surface area contributed by atoms with Crippen LogP contribution in [0.1, 0.15) is 35.5 Å². The second-order valence-corrected chi connectivity index (χ2v) is 11.4. The smallest absolute Gasteiger partial charge is 0.282 e. The van der Waals surface area contributed by atoms with Gasteiger partial charge in [0.05, 0.1) is 39.9 Å². The van der Waals surface area contributed by atoms with E-state index < -0.39 is 38.4 Å². The highest BCUT2D eigenvalue weighted by molar-refractivity contribution is 7.90. The van der Waals surface area contributed by atoms with Gasteiger partial charge in [-0.2, -0.15) is 0 Å². The van der Waals surface area contributed by atoms with Gasteiger partial charge in [0.25, 0.3) is 11.5 Å². The molecule has 3 aromatic heterocycles. The van der Waals surface area contributed by atoms with Crippen LogP contribution in [0.4, 0.5) is 8.78 Å². The normalized spacial score (nSPS) is 12.1. The van der Waals surface area contributed by atoms with Crippen LogP contribution < -0.4 is 10.3 Å². The number of carbonyl (C=O) groups excluding carboxylic acids is 1. The van der Waals surface area contributed by atoms with Crippen LogP contribution in [-0.2, 0) is 16.6 Å². The van der Waals surface area contributed by atoms with Gasteiger partial charge < -0.3 is 14.0 Å². The summed E-state index contributed by atoms with van der Waals surface area (Å²) in [7, 11) is -4.11. The number of aromatic nitrogens is 2. The highest BCUT2D eigenvalue weighted by Crippen LogP contribution is 2.40. The van der Waals surface area contributed by atoms with Crippen molar-refractivity contribution in [2.45, 2.75) is 32.6 Å². The summed E-state index contributed by atoms with van der Waals surface area (Å²) in [6.45, 7) is 4.12. The number of aromatic amines is 1. The zero-order valence-corrected chi connectivity index (χ0v) is 21.4. The Bertz CT molecular complexity index is 1900. The number of halogens is 2. The number of amides is 1. The summed E-state index contributed by atoms with van der Waals surface area (Å²) in [5, 5.41) is -0.633. The molecule has 0 fully saturated rings. The molecule has 0 aliphatic carbocycles. The number of rotatable bonds is 6. The molecule has 5 rings (SSSR count). The summed E-state index contributed by atoms with van der Waals surface area (Å²) in [4.78, 5) is 29.2. The monoisotopic (exact) mass is 539 g/mol. The van der Waals surface area contributed by atoms with Crippen molar-refractivity contribution < 1.29 is 26.4 Å². The minimum Gasteiger partial charge on any atom is -0.463 e. The van der Waals surface area contributed by atoms with Gasteiger partial charge in [0.1, 0.15) is 22.9 Å². The lowest BCUT2D eigenvalue weighted by atomic mass is 10.0. The number of hydrogen-bond acceptors (Lipinski definition) is 5. The number of sulfonamides is 1. The van der Waals surface area contributed by atoms with Gasteiger partial charge in [-0.05, 0) is 50.6 Å². The molecule has 0 unspecified atom stereocenters. The summed E-state index contributed by atoms with van der Waals surface area (Å²) in [5.74, 6) is -2.25. The number of fused-ring (bicyclic) bond motifs is 3. The Balaban J connectivity index is 1.94. The first-order chi connectivity index (χ1) is 18.0. The highest BCUT2D eigenvalue weighted by atomic mass is 32.2. The van der Waals surface area contributed by atoms with E-state index >= 15 is 8.78 Å². The van der Waals surface area contributed by atoms with Gasteiger partial charge in [0.15, 0.2) is 0 Å². The number of furan rings is 1. The van der Waals surface area contributed by atoms with E-state index in [1.165, 1.54) is 55.1 Å². The van der Waals surface area contributed by atoms with Crippen molar-refractivity contribution >= 4 is 37.8 Å². The first-order valence-corrected chi connectivity index (χ1v) is 13.3. The summed E-state index contributed by atoms with van der Waals surface area (Å²) in [6, 6.07) is 10.3. The zero-order chi connectivity index (χ0) is 27.4. The van der Waals surface area contributed by atoms with Crippen LogP contribution in [-0.4, -0.2) is 29.1 Å². The molecule has 8 nitrogen and oxygen atoms in total. The molecule has 2 aromatic carbocycles. The van der Waals surface area contributed by atoms with Gasteiger partial charge in [-0.3, -0.25) is 9.59 Å². The van der Waals surface area contributed by atoms with Crippen molar-refractivity contribution in [2.24, 2.45) is 0 Å². The topological polar surface area (TPSA) is 114 Å². The van der Waals surface area contributed by atoms with Crippen LogP contribution in [0, 0.1) is 18.6 Å². The van der Waals surface area contributed by atoms with Gasteiger partial charge in [-0.25, -0.2) is 21.9 Å². The number of H-pyrrole nitrogens is 1. The molecule has 3 heterocycles. The summed E-state index contributed by atoms with van der Waals surface area (Å²) < 4.78 is 64.7. The fourth-order valence-electron chi connectivity index (χ4n) is 4.48. The second-order valence-electron chi connectivity index (χ2n) is 9.21. The van der Waals surface area contributed by atoms with E-state index in [0.717, 1.165) is 6.07 Å². The van der Waals surface area contributed by atoms with Crippen LogP contribution in [0.15, 0.2) is 64.1 Å². The number of aryl methyl sites for hydroxylation is 1. The Morgan fingerprint density at radius 3 is 2.63 bits per heavy atom. The van der Waals surface area contributed by atoms with E-state index in [1.54, 1.807) is 19.1 Å². The average molecular weight is 540 g/mol. The minimum atomic E-state index is -4.11. The van der Waals surface area contributed by atoms with Crippen molar-refractivity contribution in [3.63, 3.8) is 0 Å². The second kappa shape index (κ2) is 9.25. The van der Waals surface area contributed by atoms with Gasteiger partial charge in [-0.1, -0.05) is 18.2 Å². The quantitative estimate of drug-likeness (QED) is 0.320. The zero-order valence-electron chi connectivity index (χ0n) is 20.6. The first-order valence-electron chi connectivity index (χ1n) is 11.7. The van der Waals surface area contributed by atoms with E-state index in [4.69, 9.17) is 4.42 Å². The molecule has 0 aliphatic rings. The molecule has 1 amide bonds. The molecule has 196 valence electrons. The Labute approximate surface area is 215 Å². The maximum atomic E-state index is 15.2. The molecular formula is C27H23F2N3O5S. The summed E-state index contributed by atoms with van der Waals surface area (Å²) in [6.07, 6.45) is 2.67. The van der Waals surface area contributed by atoms with Gasteiger partial charge in [-0.15, -0.1) is 0 Å². The molecule has 0 saturated heterocycles. The van der Waals surface area contributed by atoms with Crippen LogP contribution in [0.5, 0.6) is 0 Å². The van der Waals surface area contributed by atoms with Gasteiger partial charge in [0, 0.05) is 17.3 Å². The fraction of sp³-hybridized carbons (Fsp3) is 0.185. The number of carbonyl (C=O) groups is 1. The molecule has 0 saturated carbocycles. The molecular weight excluding hydrogens is 516 g/mol. The first kappa shape index (κ1) is 25.4. The fourth-order valence-corrected chi connectivity index (χ4v) is 5.07. The molecule has 38 heavy (non-hydrogen) atoms. The molecule has 0 aliphatic heterocycles. The van der Waals surface area contributed by atoms with Crippen molar-refractivity contribution in [2.75, 3.05) is 0 Å². The van der Waals surface area contributed by atoms with Crippen LogP contribution in [0.2, 0.25) is 0 Å². The molecule has 0 spiro atoms. The third kappa shape index (κ3) is 4.08. The molecule has 0 bridgehead atoms. The van der Waals surface area contributed by atoms with Crippen molar-refractivity contribution in [1.82, 2.24) is 14.3 Å². The van der Waals surface area contributed by atoms with Crippen molar-refractivity contribution in [3.8, 4) is 11.1 Å². The molecule has 0 atom stereocenters. The lowest BCUT2D eigenvalue weighted by molar-refractivity contribution is 0.0973. The maximum absolute atomic E-state index is 15.2. The third-order valence-corrected chi connectivity index (χ3v) is 8.19. The largest absolute Gasteiger partial charge is 0.463 e. The minimum absolute atomic E-state index is 0.0253. The average Bonchev–Trinajstić information content (AvgIpc) is 3.46. The van der Waals surface area contributed by atoms with Gasteiger partial charge >= 0.3 is 0 Å². The standard InChI is InChI=1S/C27H23F2N3O5S/c1-14(2)38(35,36)31-27(34)24-21(18-8-5-10-30-26(18)33)22-20(12-19(28)17-9-11-37-25(17)22)32(24)13-16-7-4-6-15(3)23(16)29/h4-12,14H,13H2,1-3H3,(H,30,33)(H,31,34). The highest BCUT2D eigenvalue weighted by Gasteiger charge is 2.31. The van der Waals surface area contributed by atoms with Crippen LogP contribution >= 0.6 is 0 Å². The maximum Gasteiger partial charge on any atom is 0.282 e. The van der Waals surface area contributed by atoms with Crippen LogP contribution in [0.25, 0.3) is 33.0 Å². The van der Waals surface area contributed by atoms with E-state index in [-0.39, 0.29) is 50.8 Å². The Morgan fingerprint density at radius 2 is 1.92 bits per heavy atom. The molecule has 0 radical (unpaired) electrons. The van der Waals surface area contributed by atoms with Crippen LogP contribution in [0.3, 0.4) is 0 Å². The molecule has 2 N–H and O–H groups in total. The Hall–Kier alpha value is -4.25. The number of hydrogen-bond donors (Lipinski definition) is 2. The number of nitrogens with zero attached hydrogens (tertiary/aromatic N) is 1. The van der Waals surface area contributed by atoms with Crippen molar-refractivity contribution in [1.29, 1.82) is 0 Å². The molecule has 5 aromatic rings. The summed E-state index contributed by atoms with van der Waals surface area (Å²) in [5.41, 5.74) is -0.0617. The van der Waals surface area contributed by atoms with E-state index in [1.807, 2.05) is 0 Å². The number of nitrogens with one attached hydrogen (secondary N) is 2. The summed E-state index contributed by atoms with van der Waals surface area (Å²) >= 11 is 0. The SMILES string of the molecule is Cc1cccc(Cn2c(C(=O)NS(=O)(=O)C(C)C)c(-c3ccc[nH]c3=O)c3c4occc4c(F)cc32)c1F. The number of pyridine rings is 1. The predicted molar refractivity (Wildman–Crippen MR) is 139 cm³/mol. The molecule has 11 heteroatoms. The van der Waals surface area contributed by atoms with Crippen molar-refractivity contribution in [3.05, 3.63) is 93.7 Å². The van der Waals surface area contributed by atoms with Gasteiger partial charge in [0.2, 0.25) is 10.0 Å². The Morgan fingerprint density at radius 1 is 1.16 bits per heavy atom. The van der Waals surface area contributed by atoms with E-state index in [0.29, 0.717) is 5.56 Å².